The average Bonchev–Trinajstić information content (AvgIpc) is 2.00. The SMILES string of the molecule is CCC(C)C(C)/C(C)=N/C. The molecule has 2 unspecified atom stereocenters. The molecule has 0 rings (SSSR count). The molecule has 10 heavy (non-hydrogen) atoms. The van der Waals surface area contributed by atoms with Crippen LogP contribution in [0.3, 0.4) is 0 Å². The Morgan fingerprint density at radius 2 is 1.90 bits per heavy atom. The fourth-order valence-electron chi connectivity index (χ4n) is 0.969. The molecule has 0 aliphatic carbocycles. The van der Waals surface area contributed by atoms with E-state index in [4.69, 9.17) is 0 Å². The van der Waals surface area contributed by atoms with Gasteiger partial charge in [0, 0.05) is 12.8 Å². The number of nitrogens with zero attached hydrogens (tertiary/aromatic N) is 1. The lowest BCUT2D eigenvalue weighted by atomic mass is 9.90. The normalized spacial score (nSPS) is 18.7. The van der Waals surface area contributed by atoms with Crippen LogP contribution in [0.25, 0.3) is 0 Å². The van der Waals surface area contributed by atoms with Gasteiger partial charge in [-0.15, -0.1) is 0 Å². The molecule has 0 bridgehead atoms. The van der Waals surface area contributed by atoms with Crippen LogP contribution in [0.1, 0.15) is 34.1 Å². The third-order valence-electron chi connectivity index (χ3n) is 2.51. The molecule has 0 aromatic heterocycles. The van der Waals surface area contributed by atoms with E-state index in [0.29, 0.717) is 5.92 Å². The molecule has 0 aromatic carbocycles. The van der Waals surface area contributed by atoms with Crippen LogP contribution < -0.4 is 0 Å². The summed E-state index contributed by atoms with van der Waals surface area (Å²) in [5, 5.41) is 0. The highest BCUT2D eigenvalue weighted by molar-refractivity contribution is 5.84. The van der Waals surface area contributed by atoms with Gasteiger partial charge in [-0.25, -0.2) is 0 Å². The zero-order valence-electron chi connectivity index (χ0n) is 7.81. The van der Waals surface area contributed by atoms with Gasteiger partial charge in [0.25, 0.3) is 0 Å². The minimum absolute atomic E-state index is 0.648. The third-order valence-corrected chi connectivity index (χ3v) is 2.51. The molecule has 0 saturated heterocycles. The first-order valence-corrected chi connectivity index (χ1v) is 4.06. The standard InChI is InChI=1S/C9H19N/c1-6-7(2)8(3)9(4)10-5/h7-8H,6H2,1-5H3/b10-9+. The third kappa shape index (κ3) is 2.51. The molecule has 0 aliphatic rings. The van der Waals surface area contributed by atoms with Gasteiger partial charge in [0.15, 0.2) is 0 Å². The van der Waals surface area contributed by atoms with Crippen LogP contribution in [0.4, 0.5) is 0 Å². The summed E-state index contributed by atoms with van der Waals surface area (Å²) >= 11 is 0. The van der Waals surface area contributed by atoms with Crippen LogP contribution in [-0.4, -0.2) is 12.8 Å². The second-order valence-corrected chi connectivity index (χ2v) is 3.04. The Hall–Kier alpha value is -0.330. The van der Waals surface area contributed by atoms with Crippen LogP contribution in [0.5, 0.6) is 0 Å². The van der Waals surface area contributed by atoms with Gasteiger partial charge in [0.05, 0.1) is 0 Å². The summed E-state index contributed by atoms with van der Waals surface area (Å²) in [6.07, 6.45) is 1.24. The number of rotatable bonds is 3. The molecule has 0 amide bonds. The summed E-state index contributed by atoms with van der Waals surface area (Å²) in [4.78, 5) is 4.17. The molecule has 0 radical (unpaired) electrons. The molecule has 0 spiro atoms. The van der Waals surface area contributed by atoms with Crippen molar-refractivity contribution in [3.8, 4) is 0 Å². The molecule has 0 fully saturated rings. The van der Waals surface area contributed by atoms with Crippen molar-refractivity contribution in [3.05, 3.63) is 0 Å². The quantitative estimate of drug-likeness (QED) is 0.536. The predicted molar refractivity (Wildman–Crippen MR) is 47.7 cm³/mol. The summed E-state index contributed by atoms with van der Waals surface area (Å²) in [7, 11) is 1.87. The topological polar surface area (TPSA) is 12.4 Å². The van der Waals surface area contributed by atoms with E-state index in [0.717, 1.165) is 5.92 Å². The molecule has 0 aliphatic heterocycles. The van der Waals surface area contributed by atoms with Gasteiger partial charge in [-0.3, -0.25) is 4.99 Å². The van der Waals surface area contributed by atoms with Crippen LogP contribution >= 0.6 is 0 Å². The van der Waals surface area contributed by atoms with Gasteiger partial charge in [-0.2, -0.15) is 0 Å². The Balaban J connectivity index is 3.94. The maximum absolute atomic E-state index is 4.17. The monoisotopic (exact) mass is 141 g/mol. The second-order valence-electron chi connectivity index (χ2n) is 3.04. The van der Waals surface area contributed by atoms with Crippen molar-refractivity contribution in [2.75, 3.05) is 7.05 Å². The molecule has 0 aromatic rings. The molecular weight excluding hydrogens is 122 g/mol. The summed E-state index contributed by atoms with van der Waals surface area (Å²) in [6.45, 7) is 8.86. The fraction of sp³-hybridized carbons (Fsp3) is 0.889. The Morgan fingerprint density at radius 3 is 2.20 bits per heavy atom. The van der Waals surface area contributed by atoms with E-state index < -0.39 is 0 Å². The minimum Gasteiger partial charge on any atom is -0.297 e. The van der Waals surface area contributed by atoms with E-state index in [1.165, 1.54) is 12.1 Å². The maximum atomic E-state index is 4.17. The van der Waals surface area contributed by atoms with Crippen molar-refractivity contribution in [2.24, 2.45) is 16.8 Å². The second kappa shape index (κ2) is 4.48. The van der Waals surface area contributed by atoms with Crippen molar-refractivity contribution in [1.29, 1.82) is 0 Å². The Bertz CT molecular complexity index is 116. The Labute approximate surface area is 64.6 Å². The highest BCUT2D eigenvalue weighted by Crippen LogP contribution is 2.15. The number of hydrogen-bond acceptors (Lipinski definition) is 1. The molecule has 1 heteroatoms. The summed E-state index contributed by atoms with van der Waals surface area (Å²) in [5.41, 5.74) is 1.27. The average molecular weight is 141 g/mol. The summed E-state index contributed by atoms with van der Waals surface area (Å²) in [6, 6.07) is 0. The minimum atomic E-state index is 0.648. The van der Waals surface area contributed by atoms with Gasteiger partial charge in [0.1, 0.15) is 0 Å². The zero-order chi connectivity index (χ0) is 8.15. The maximum Gasteiger partial charge on any atom is 0.0276 e. The lowest BCUT2D eigenvalue weighted by molar-refractivity contribution is 0.467. The highest BCUT2D eigenvalue weighted by Gasteiger charge is 2.11. The molecular formula is C9H19N. The molecule has 0 saturated carbocycles. The zero-order valence-corrected chi connectivity index (χ0v) is 7.81. The van der Waals surface area contributed by atoms with Gasteiger partial charge in [-0.05, 0) is 18.8 Å². The van der Waals surface area contributed by atoms with Crippen LogP contribution in [0, 0.1) is 11.8 Å². The van der Waals surface area contributed by atoms with Gasteiger partial charge in [-0.1, -0.05) is 27.2 Å². The highest BCUT2D eigenvalue weighted by atomic mass is 14.7. The van der Waals surface area contributed by atoms with Crippen LogP contribution in [0.15, 0.2) is 4.99 Å². The summed E-state index contributed by atoms with van der Waals surface area (Å²) < 4.78 is 0. The van der Waals surface area contributed by atoms with Gasteiger partial charge in [0.2, 0.25) is 0 Å². The van der Waals surface area contributed by atoms with Crippen molar-refractivity contribution in [1.82, 2.24) is 0 Å². The Morgan fingerprint density at radius 1 is 1.40 bits per heavy atom. The molecule has 60 valence electrons. The van der Waals surface area contributed by atoms with Crippen molar-refractivity contribution in [3.63, 3.8) is 0 Å². The largest absolute Gasteiger partial charge is 0.297 e. The van der Waals surface area contributed by atoms with Crippen molar-refractivity contribution >= 4 is 5.71 Å². The fourth-order valence-corrected chi connectivity index (χ4v) is 0.969. The molecule has 0 N–H and O–H groups in total. The molecule has 1 nitrogen and oxygen atoms in total. The summed E-state index contributed by atoms with van der Waals surface area (Å²) in [5.74, 6) is 1.42. The van der Waals surface area contributed by atoms with Crippen LogP contribution in [-0.2, 0) is 0 Å². The lowest BCUT2D eigenvalue weighted by Gasteiger charge is -2.17. The molecule has 0 heterocycles. The van der Waals surface area contributed by atoms with E-state index in [2.05, 4.69) is 32.7 Å². The first-order valence-electron chi connectivity index (χ1n) is 4.06. The van der Waals surface area contributed by atoms with Crippen LogP contribution in [0.2, 0.25) is 0 Å². The van der Waals surface area contributed by atoms with Crippen molar-refractivity contribution in [2.45, 2.75) is 34.1 Å². The smallest absolute Gasteiger partial charge is 0.0276 e. The van der Waals surface area contributed by atoms with E-state index in [1.54, 1.807) is 0 Å². The van der Waals surface area contributed by atoms with Gasteiger partial charge >= 0.3 is 0 Å². The van der Waals surface area contributed by atoms with E-state index in [1.807, 2.05) is 7.05 Å². The van der Waals surface area contributed by atoms with Gasteiger partial charge < -0.3 is 0 Å². The predicted octanol–water partition coefficient (Wildman–Crippen LogP) is 2.76. The molecule has 2 atom stereocenters. The van der Waals surface area contributed by atoms with E-state index >= 15 is 0 Å². The lowest BCUT2D eigenvalue weighted by Crippen LogP contribution is -2.15. The number of aliphatic imine (C=N–C) groups is 1. The Kier molecular flexibility index (Phi) is 4.33. The number of hydrogen-bond donors (Lipinski definition) is 0. The van der Waals surface area contributed by atoms with E-state index in [9.17, 15) is 0 Å². The van der Waals surface area contributed by atoms with E-state index in [-0.39, 0.29) is 0 Å². The first-order chi connectivity index (χ1) is 4.63. The first kappa shape index (κ1) is 9.67. The van der Waals surface area contributed by atoms with Crippen molar-refractivity contribution < 1.29 is 0 Å².